The fraction of sp³-hybridized carbons (Fsp3) is 0.273. The molecule has 0 spiro atoms. The minimum absolute atomic E-state index is 0.0670. The number of aromatic hydroxyl groups is 1. The SMILES string of the molecule is CN(Cc1cc(C2CC2)on1)C(=O)c1ccc(-c2ccc(O)c(CO)c2)cc1. The van der Waals surface area contributed by atoms with Crippen LogP contribution in [0.25, 0.3) is 11.1 Å². The maximum Gasteiger partial charge on any atom is 0.253 e. The van der Waals surface area contributed by atoms with Crippen LogP contribution in [0.3, 0.4) is 0 Å². The molecule has 0 saturated heterocycles. The van der Waals surface area contributed by atoms with Crippen molar-refractivity contribution < 1.29 is 19.5 Å². The molecule has 0 aliphatic heterocycles. The molecule has 1 heterocycles. The molecule has 1 saturated carbocycles. The van der Waals surface area contributed by atoms with Gasteiger partial charge in [0.05, 0.1) is 13.2 Å². The number of aromatic nitrogens is 1. The third-order valence-corrected chi connectivity index (χ3v) is 5.02. The summed E-state index contributed by atoms with van der Waals surface area (Å²) in [4.78, 5) is 14.3. The molecule has 0 unspecified atom stereocenters. The molecule has 2 N–H and O–H groups in total. The number of carbonyl (C=O) groups is 1. The van der Waals surface area contributed by atoms with Gasteiger partial charge in [0.2, 0.25) is 0 Å². The molecular formula is C22H22N2O4. The van der Waals surface area contributed by atoms with Crippen LogP contribution in [0.1, 0.15) is 46.1 Å². The van der Waals surface area contributed by atoms with Gasteiger partial charge in [0.25, 0.3) is 5.91 Å². The molecular weight excluding hydrogens is 356 g/mol. The predicted octanol–water partition coefficient (Wildman–Crippen LogP) is 3.69. The first-order valence-electron chi connectivity index (χ1n) is 9.29. The zero-order chi connectivity index (χ0) is 19.7. The van der Waals surface area contributed by atoms with Crippen LogP contribution in [0, 0.1) is 0 Å². The standard InChI is InChI=1S/C22H22N2O4/c1-24(12-19-11-21(28-23-19)15-4-5-15)22(27)16-6-2-14(3-7-16)17-8-9-20(26)18(10-17)13-25/h2-3,6-11,15,25-26H,4-5,12-13H2,1H3. The van der Waals surface area contributed by atoms with Crippen LogP contribution in [0.2, 0.25) is 0 Å². The van der Waals surface area contributed by atoms with Gasteiger partial charge in [0.15, 0.2) is 0 Å². The highest BCUT2D eigenvalue weighted by atomic mass is 16.5. The predicted molar refractivity (Wildman–Crippen MR) is 104 cm³/mol. The van der Waals surface area contributed by atoms with Crippen molar-refractivity contribution in [1.82, 2.24) is 10.1 Å². The van der Waals surface area contributed by atoms with E-state index in [4.69, 9.17) is 4.52 Å². The van der Waals surface area contributed by atoms with Crippen molar-refractivity contribution in [3.8, 4) is 16.9 Å². The van der Waals surface area contributed by atoms with E-state index < -0.39 is 0 Å². The van der Waals surface area contributed by atoms with Crippen molar-refractivity contribution in [2.45, 2.75) is 31.9 Å². The molecule has 4 rings (SSSR count). The van der Waals surface area contributed by atoms with E-state index >= 15 is 0 Å². The van der Waals surface area contributed by atoms with Crippen molar-refractivity contribution in [3.05, 3.63) is 71.1 Å². The summed E-state index contributed by atoms with van der Waals surface area (Å²) >= 11 is 0. The van der Waals surface area contributed by atoms with Gasteiger partial charge in [-0.3, -0.25) is 4.79 Å². The topological polar surface area (TPSA) is 86.8 Å². The first-order valence-corrected chi connectivity index (χ1v) is 9.29. The lowest BCUT2D eigenvalue weighted by molar-refractivity contribution is 0.0782. The summed E-state index contributed by atoms with van der Waals surface area (Å²) in [7, 11) is 1.75. The first kappa shape index (κ1) is 18.3. The van der Waals surface area contributed by atoms with E-state index in [2.05, 4.69) is 5.16 Å². The molecule has 1 aliphatic carbocycles. The van der Waals surface area contributed by atoms with Crippen molar-refractivity contribution in [2.75, 3.05) is 7.05 Å². The Morgan fingerprint density at radius 1 is 1.14 bits per heavy atom. The minimum Gasteiger partial charge on any atom is -0.508 e. The molecule has 1 aromatic heterocycles. The van der Waals surface area contributed by atoms with Crippen LogP contribution in [-0.4, -0.2) is 33.2 Å². The van der Waals surface area contributed by atoms with E-state index in [1.54, 1.807) is 42.3 Å². The van der Waals surface area contributed by atoms with Gasteiger partial charge in [-0.1, -0.05) is 23.4 Å². The summed E-state index contributed by atoms with van der Waals surface area (Å²) in [6.45, 7) is 0.167. The molecule has 0 bridgehead atoms. The summed E-state index contributed by atoms with van der Waals surface area (Å²) in [5.74, 6) is 1.39. The van der Waals surface area contributed by atoms with E-state index in [1.807, 2.05) is 18.2 Å². The number of hydrogen-bond acceptors (Lipinski definition) is 5. The van der Waals surface area contributed by atoms with Crippen molar-refractivity contribution in [3.63, 3.8) is 0 Å². The zero-order valence-electron chi connectivity index (χ0n) is 15.6. The van der Waals surface area contributed by atoms with Crippen LogP contribution in [-0.2, 0) is 13.2 Å². The molecule has 6 nitrogen and oxygen atoms in total. The quantitative estimate of drug-likeness (QED) is 0.683. The van der Waals surface area contributed by atoms with Gasteiger partial charge in [-0.05, 0) is 48.2 Å². The highest BCUT2D eigenvalue weighted by Gasteiger charge is 2.28. The Bertz CT molecular complexity index is 990. The van der Waals surface area contributed by atoms with Crippen LogP contribution >= 0.6 is 0 Å². The largest absolute Gasteiger partial charge is 0.508 e. The lowest BCUT2D eigenvalue weighted by atomic mass is 10.0. The number of carbonyl (C=O) groups excluding carboxylic acids is 1. The molecule has 1 amide bonds. The third kappa shape index (κ3) is 3.77. The smallest absolute Gasteiger partial charge is 0.253 e. The van der Waals surface area contributed by atoms with Gasteiger partial charge >= 0.3 is 0 Å². The van der Waals surface area contributed by atoms with Crippen molar-refractivity contribution in [1.29, 1.82) is 0 Å². The molecule has 2 aromatic carbocycles. The highest BCUT2D eigenvalue weighted by molar-refractivity contribution is 5.94. The fourth-order valence-corrected chi connectivity index (χ4v) is 3.20. The van der Waals surface area contributed by atoms with E-state index in [0.717, 1.165) is 35.4 Å². The Kier molecular flexibility index (Phi) is 4.88. The van der Waals surface area contributed by atoms with Gasteiger partial charge in [0.1, 0.15) is 17.2 Å². The first-order chi connectivity index (χ1) is 13.5. The number of rotatable bonds is 6. The number of nitrogens with zero attached hydrogens (tertiary/aromatic N) is 2. The summed E-state index contributed by atoms with van der Waals surface area (Å²) < 4.78 is 5.34. The van der Waals surface area contributed by atoms with Gasteiger partial charge in [-0.2, -0.15) is 0 Å². The molecule has 0 radical (unpaired) electrons. The summed E-state index contributed by atoms with van der Waals surface area (Å²) in [5.41, 5.74) is 3.58. The molecule has 28 heavy (non-hydrogen) atoms. The lowest BCUT2D eigenvalue weighted by Gasteiger charge is -2.16. The maximum absolute atomic E-state index is 12.7. The molecule has 6 heteroatoms. The van der Waals surface area contributed by atoms with Gasteiger partial charge in [-0.15, -0.1) is 0 Å². The van der Waals surface area contributed by atoms with Crippen molar-refractivity contribution in [2.24, 2.45) is 0 Å². The number of aliphatic hydroxyl groups is 1. The van der Waals surface area contributed by atoms with Crippen molar-refractivity contribution >= 4 is 5.91 Å². The highest BCUT2D eigenvalue weighted by Crippen LogP contribution is 2.40. The Morgan fingerprint density at radius 3 is 2.54 bits per heavy atom. The summed E-state index contributed by atoms with van der Waals surface area (Å²) in [6, 6.07) is 14.3. The Hall–Kier alpha value is -3.12. The zero-order valence-corrected chi connectivity index (χ0v) is 15.6. The third-order valence-electron chi connectivity index (χ3n) is 5.02. The second kappa shape index (κ2) is 7.48. The number of aliphatic hydroxyl groups excluding tert-OH is 1. The fourth-order valence-electron chi connectivity index (χ4n) is 3.20. The van der Waals surface area contributed by atoms with E-state index in [1.165, 1.54) is 0 Å². The maximum atomic E-state index is 12.7. The van der Waals surface area contributed by atoms with E-state index in [0.29, 0.717) is 23.6 Å². The van der Waals surface area contributed by atoms with Crippen LogP contribution in [0.4, 0.5) is 0 Å². The van der Waals surface area contributed by atoms with Crippen LogP contribution < -0.4 is 0 Å². The number of amides is 1. The Morgan fingerprint density at radius 2 is 1.86 bits per heavy atom. The number of phenols is 1. The van der Waals surface area contributed by atoms with Crippen LogP contribution in [0.5, 0.6) is 5.75 Å². The second-order valence-corrected chi connectivity index (χ2v) is 7.24. The van der Waals surface area contributed by atoms with Gasteiger partial charge < -0.3 is 19.6 Å². The normalized spacial score (nSPS) is 13.5. The Labute approximate surface area is 163 Å². The van der Waals surface area contributed by atoms with Gasteiger partial charge in [0, 0.05) is 30.2 Å². The average Bonchev–Trinajstić information content (AvgIpc) is 3.47. The molecule has 1 aliphatic rings. The minimum atomic E-state index is -0.231. The monoisotopic (exact) mass is 378 g/mol. The molecule has 144 valence electrons. The molecule has 3 aromatic rings. The molecule has 0 atom stereocenters. The van der Waals surface area contributed by atoms with E-state index in [9.17, 15) is 15.0 Å². The second-order valence-electron chi connectivity index (χ2n) is 7.24. The summed E-state index contributed by atoms with van der Waals surface area (Å²) in [6.07, 6.45) is 2.30. The molecule has 1 fully saturated rings. The number of hydrogen-bond donors (Lipinski definition) is 2. The van der Waals surface area contributed by atoms with E-state index in [-0.39, 0.29) is 18.3 Å². The average molecular weight is 378 g/mol. The van der Waals surface area contributed by atoms with Gasteiger partial charge in [-0.25, -0.2) is 0 Å². The summed E-state index contributed by atoms with van der Waals surface area (Å²) in [5, 5.41) is 23.1. The van der Waals surface area contributed by atoms with Crippen LogP contribution in [0.15, 0.2) is 53.1 Å². The Balaban J connectivity index is 1.45. The number of benzene rings is 2. The lowest BCUT2D eigenvalue weighted by Crippen LogP contribution is -2.26.